The fraction of sp³-hybridized carbons (Fsp3) is 0.458. The molecule has 4 rings (SSSR count). The molecule has 2 aliphatic rings. The number of nitrogens with zero attached hydrogens (tertiary/aromatic N) is 4. The molecular weight excluding hydrogens is 408 g/mol. The van der Waals surface area contributed by atoms with E-state index in [9.17, 15) is 9.59 Å². The standard InChI is InChI=1S/C24H30N4O4/c1-5-27-9-11-28(12-10-27)24(30)21-17-13-19(31-3)20(32-4)14-18(17)23(29)26(2)22(21)16-7-6-8-25-15-16/h6-8,13-15,21-22H,5,9-12H2,1-4H3. The lowest BCUT2D eigenvalue weighted by molar-refractivity contribution is -0.136. The number of amides is 2. The highest BCUT2D eigenvalue weighted by molar-refractivity contribution is 6.02. The van der Waals surface area contributed by atoms with Gasteiger partial charge in [0.2, 0.25) is 5.91 Å². The Hall–Kier alpha value is -3.13. The van der Waals surface area contributed by atoms with Crippen molar-refractivity contribution in [1.29, 1.82) is 0 Å². The monoisotopic (exact) mass is 438 g/mol. The quantitative estimate of drug-likeness (QED) is 0.712. The van der Waals surface area contributed by atoms with Crippen LogP contribution in [0.5, 0.6) is 11.5 Å². The van der Waals surface area contributed by atoms with Crippen molar-refractivity contribution in [3.8, 4) is 11.5 Å². The van der Waals surface area contributed by atoms with E-state index in [1.54, 1.807) is 43.6 Å². The summed E-state index contributed by atoms with van der Waals surface area (Å²) in [4.78, 5) is 37.5. The number of likely N-dealkylation sites (N-methyl/N-ethyl adjacent to an activating group) is 2. The van der Waals surface area contributed by atoms with Crippen molar-refractivity contribution < 1.29 is 19.1 Å². The summed E-state index contributed by atoms with van der Waals surface area (Å²) in [6.07, 6.45) is 3.42. The van der Waals surface area contributed by atoms with Gasteiger partial charge in [-0.3, -0.25) is 14.6 Å². The van der Waals surface area contributed by atoms with Gasteiger partial charge in [0, 0.05) is 51.2 Å². The summed E-state index contributed by atoms with van der Waals surface area (Å²) in [5.41, 5.74) is 1.97. The maximum Gasteiger partial charge on any atom is 0.254 e. The average Bonchev–Trinajstić information content (AvgIpc) is 2.85. The van der Waals surface area contributed by atoms with Crippen LogP contribution < -0.4 is 9.47 Å². The van der Waals surface area contributed by atoms with Crippen LogP contribution in [0, 0.1) is 0 Å². The molecule has 2 aromatic rings. The lowest BCUT2D eigenvalue weighted by Gasteiger charge is -2.43. The number of fused-ring (bicyclic) bond motifs is 1. The summed E-state index contributed by atoms with van der Waals surface area (Å²) in [7, 11) is 4.84. The molecule has 170 valence electrons. The van der Waals surface area contributed by atoms with Gasteiger partial charge in [0.15, 0.2) is 11.5 Å². The maximum absolute atomic E-state index is 14.0. The van der Waals surface area contributed by atoms with Crippen molar-refractivity contribution in [2.24, 2.45) is 0 Å². The van der Waals surface area contributed by atoms with Crippen molar-refractivity contribution in [3.63, 3.8) is 0 Å². The van der Waals surface area contributed by atoms with Gasteiger partial charge in [0.05, 0.1) is 26.2 Å². The molecule has 2 aliphatic heterocycles. The van der Waals surface area contributed by atoms with E-state index >= 15 is 0 Å². The van der Waals surface area contributed by atoms with Crippen LogP contribution in [0.2, 0.25) is 0 Å². The molecule has 8 heteroatoms. The molecule has 1 saturated heterocycles. The van der Waals surface area contributed by atoms with E-state index in [4.69, 9.17) is 9.47 Å². The second kappa shape index (κ2) is 9.16. The number of benzene rings is 1. The van der Waals surface area contributed by atoms with Crippen LogP contribution in [0.15, 0.2) is 36.7 Å². The van der Waals surface area contributed by atoms with E-state index in [-0.39, 0.29) is 11.8 Å². The van der Waals surface area contributed by atoms with Crippen molar-refractivity contribution in [1.82, 2.24) is 19.7 Å². The zero-order valence-electron chi connectivity index (χ0n) is 19.1. The first-order valence-electron chi connectivity index (χ1n) is 10.9. The van der Waals surface area contributed by atoms with Gasteiger partial charge < -0.3 is 24.2 Å². The summed E-state index contributed by atoms with van der Waals surface area (Å²) >= 11 is 0. The highest BCUT2D eigenvalue weighted by Gasteiger charge is 2.45. The van der Waals surface area contributed by atoms with Crippen LogP contribution in [0.4, 0.5) is 0 Å². The fourth-order valence-corrected chi connectivity index (χ4v) is 4.76. The molecule has 0 spiro atoms. The number of hydrogen-bond acceptors (Lipinski definition) is 6. The van der Waals surface area contributed by atoms with Gasteiger partial charge in [-0.2, -0.15) is 0 Å². The van der Waals surface area contributed by atoms with E-state index in [1.807, 2.05) is 17.0 Å². The summed E-state index contributed by atoms with van der Waals surface area (Å²) in [6.45, 7) is 6.14. The SMILES string of the molecule is CCN1CCN(C(=O)C2c3cc(OC)c(OC)cc3C(=O)N(C)C2c2cccnc2)CC1. The Labute approximate surface area is 188 Å². The largest absolute Gasteiger partial charge is 0.493 e. The van der Waals surface area contributed by atoms with Crippen molar-refractivity contribution >= 4 is 11.8 Å². The Bertz CT molecular complexity index is 989. The zero-order chi connectivity index (χ0) is 22.8. The third kappa shape index (κ3) is 3.79. The molecule has 1 fully saturated rings. The maximum atomic E-state index is 14.0. The molecule has 0 aliphatic carbocycles. The van der Waals surface area contributed by atoms with Gasteiger partial charge in [0.25, 0.3) is 5.91 Å². The Morgan fingerprint density at radius 3 is 2.41 bits per heavy atom. The molecule has 8 nitrogen and oxygen atoms in total. The second-order valence-electron chi connectivity index (χ2n) is 8.18. The normalized spacial score (nSPS) is 21.3. The smallest absolute Gasteiger partial charge is 0.254 e. The summed E-state index contributed by atoms with van der Waals surface area (Å²) in [5.74, 6) is 0.264. The number of carbonyl (C=O) groups is 2. The molecule has 2 atom stereocenters. The minimum absolute atomic E-state index is 0.0161. The highest BCUT2D eigenvalue weighted by Crippen LogP contribution is 2.46. The first-order chi connectivity index (χ1) is 15.5. The van der Waals surface area contributed by atoms with Gasteiger partial charge >= 0.3 is 0 Å². The lowest BCUT2D eigenvalue weighted by atomic mass is 9.79. The molecule has 3 heterocycles. The van der Waals surface area contributed by atoms with Crippen LogP contribution in [0.1, 0.15) is 40.4 Å². The summed E-state index contributed by atoms with van der Waals surface area (Å²) in [6, 6.07) is 6.76. The summed E-state index contributed by atoms with van der Waals surface area (Å²) in [5, 5.41) is 0. The number of piperazine rings is 1. The number of ether oxygens (including phenoxy) is 2. The first kappa shape index (κ1) is 22.1. The van der Waals surface area contributed by atoms with Crippen molar-refractivity contribution in [3.05, 3.63) is 53.3 Å². The third-order valence-electron chi connectivity index (χ3n) is 6.60. The van der Waals surface area contributed by atoms with E-state index in [0.29, 0.717) is 35.7 Å². The number of methoxy groups -OCH3 is 2. The molecule has 1 aromatic carbocycles. The lowest BCUT2D eigenvalue weighted by Crippen LogP contribution is -2.52. The van der Waals surface area contributed by atoms with Gasteiger partial charge in [-0.05, 0) is 35.9 Å². The van der Waals surface area contributed by atoms with Gasteiger partial charge in [-0.15, -0.1) is 0 Å². The van der Waals surface area contributed by atoms with Crippen molar-refractivity contribution in [2.75, 3.05) is 54.0 Å². The van der Waals surface area contributed by atoms with E-state index in [0.717, 1.165) is 25.2 Å². The molecule has 32 heavy (non-hydrogen) atoms. The van der Waals surface area contributed by atoms with Gasteiger partial charge in [0.1, 0.15) is 0 Å². The van der Waals surface area contributed by atoms with Crippen LogP contribution >= 0.6 is 0 Å². The number of rotatable bonds is 5. The number of hydrogen-bond donors (Lipinski definition) is 0. The molecule has 0 bridgehead atoms. The molecule has 1 aromatic heterocycles. The topological polar surface area (TPSA) is 75.2 Å². The van der Waals surface area contributed by atoms with E-state index in [1.165, 1.54) is 7.11 Å². The van der Waals surface area contributed by atoms with Crippen LogP contribution in [0.3, 0.4) is 0 Å². The summed E-state index contributed by atoms with van der Waals surface area (Å²) < 4.78 is 10.9. The minimum atomic E-state index is -0.565. The number of aromatic nitrogens is 1. The Balaban J connectivity index is 1.83. The molecule has 0 radical (unpaired) electrons. The molecule has 0 saturated carbocycles. The van der Waals surface area contributed by atoms with E-state index in [2.05, 4.69) is 16.8 Å². The Kier molecular flexibility index (Phi) is 6.32. The highest BCUT2D eigenvalue weighted by atomic mass is 16.5. The second-order valence-corrected chi connectivity index (χ2v) is 8.18. The molecular formula is C24H30N4O4. The average molecular weight is 439 g/mol. The molecule has 2 amide bonds. The number of carbonyl (C=O) groups excluding carboxylic acids is 2. The predicted octanol–water partition coefficient (Wildman–Crippen LogP) is 2.17. The molecule has 2 unspecified atom stereocenters. The minimum Gasteiger partial charge on any atom is -0.493 e. The first-order valence-corrected chi connectivity index (χ1v) is 10.9. The van der Waals surface area contributed by atoms with Crippen LogP contribution in [-0.2, 0) is 4.79 Å². The fourth-order valence-electron chi connectivity index (χ4n) is 4.76. The van der Waals surface area contributed by atoms with Gasteiger partial charge in [-0.1, -0.05) is 13.0 Å². The number of pyridine rings is 1. The predicted molar refractivity (Wildman–Crippen MR) is 120 cm³/mol. The van der Waals surface area contributed by atoms with Gasteiger partial charge in [-0.25, -0.2) is 0 Å². The Morgan fingerprint density at radius 2 is 1.81 bits per heavy atom. The van der Waals surface area contributed by atoms with Crippen LogP contribution in [0.25, 0.3) is 0 Å². The van der Waals surface area contributed by atoms with Crippen molar-refractivity contribution in [2.45, 2.75) is 18.9 Å². The molecule has 0 N–H and O–H groups in total. The third-order valence-corrected chi connectivity index (χ3v) is 6.60. The Morgan fingerprint density at radius 1 is 1.12 bits per heavy atom. The zero-order valence-corrected chi connectivity index (χ0v) is 19.1. The van der Waals surface area contributed by atoms with Crippen LogP contribution in [-0.4, -0.2) is 85.5 Å². The van der Waals surface area contributed by atoms with E-state index < -0.39 is 12.0 Å².